The highest BCUT2D eigenvalue weighted by Gasteiger charge is 2.13. The van der Waals surface area contributed by atoms with E-state index in [0.717, 1.165) is 47.2 Å². The second kappa shape index (κ2) is 9.55. The maximum Gasteiger partial charge on any atom is 0.142 e. The Balaban J connectivity index is 1.42. The molecule has 1 fully saturated rings. The summed E-state index contributed by atoms with van der Waals surface area (Å²) in [5, 5.41) is 21.8. The molecule has 0 aromatic heterocycles. The topological polar surface area (TPSA) is 52.9 Å². The third kappa shape index (κ3) is 4.96. The van der Waals surface area contributed by atoms with Crippen molar-refractivity contribution in [1.82, 2.24) is 4.90 Å². The van der Waals surface area contributed by atoms with Crippen molar-refractivity contribution >= 4 is 10.8 Å². The molecule has 0 saturated carbocycles. The smallest absolute Gasteiger partial charge is 0.142 e. The highest BCUT2D eigenvalue weighted by molar-refractivity contribution is 5.93. The molecule has 168 valence electrons. The Morgan fingerprint density at radius 3 is 2.21 bits per heavy atom. The first-order chi connectivity index (χ1) is 16.2. The van der Waals surface area contributed by atoms with Crippen LogP contribution in [0.3, 0.4) is 0 Å². The maximum absolute atomic E-state index is 9.96. The molecule has 1 heterocycles. The van der Waals surface area contributed by atoms with Gasteiger partial charge < -0.3 is 14.9 Å². The van der Waals surface area contributed by atoms with Crippen LogP contribution < -0.4 is 4.74 Å². The summed E-state index contributed by atoms with van der Waals surface area (Å²) >= 11 is 0. The minimum Gasteiger partial charge on any atom is -0.508 e. The van der Waals surface area contributed by atoms with Gasteiger partial charge in [0.05, 0.1) is 0 Å². The van der Waals surface area contributed by atoms with Gasteiger partial charge in [0.1, 0.15) is 24.0 Å². The van der Waals surface area contributed by atoms with Crippen LogP contribution in [-0.2, 0) is 6.42 Å². The second-order valence-electron chi connectivity index (χ2n) is 8.82. The summed E-state index contributed by atoms with van der Waals surface area (Å²) in [6.45, 7) is 2.89. The zero-order chi connectivity index (χ0) is 22.6. The van der Waals surface area contributed by atoms with Crippen molar-refractivity contribution in [2.24, 2.45) is 0 Å². The number of likely N-dealkylation sites (tertiary alicyclic amines) is 1. The van der Waals surface area contributed by atoms with E-state index in [-0.39, 0.29) is 11.5 Å². The first kappa shape index (κ1) is 21.4. The highest BCUT2D eigenvalue weighted by Crippen LogP contribution is 2.34. The predicted octanol–water partition coefficient (Wildman–Crippen LogP) is 6.33. The molecule has 0 amide bonds. The first-order valence-corrected chi connectivity index (χ1v) is 11.6. The molecule has 1 aliphatic heterocycles. The molecule has 0 unspecified atom stereocenters. The molecule has 4 nitrogen and oxygen atoms in total. The van der Waals surface area contributed by atoms with Gasteiger partial charge in [0.25, 0.3) is 0 Å². The average Bonchev–Trinajstić information content (AvgIpc) is 2.85. The van der Waals surface area contributed by atoms with E-state index in [2.05, 4.69) is 35.2 Å². The van der Waals surface area contributed by atoms with Crippen molar-refractivity contribution in [1.29, 1.82) is 0 Å². The standard InChI is InChI=1S/C29H29NO3/c31-24-9-6-22(7-10-24)27-14-8-23-19-25(32)11-15-28(23)29(27)18-21-4-12-26(13-5-21)33-20-30-16-2-1-3-17-30/h4-15,19,31-32H,1-3,16-18,20H2. The van der Waals surface area contributed by atoms with Crippen molar-refractivity contribution in [2.75, 3.05) is 19.8 Å². The molecule has 0 spiro atoms. The van der Waals surface area contributed by atoms with Gasteiger partial charge in [-0.15, -0.1) is 0 Å². The Kier molecular flexibility index (Phi) is 6.18. The minimum atomic E-state index is 0.256. The van der Waals surface area contributed by atoms with E-state index in [1.165, 1.54) is 30.4 Å². The van der Waals surface area contributed by atoms with E-state index >= 15 is 0 Å². The van der Waals surface area contributed by atoms with Gasteiger partial charge in [-0.3, -0.25) is 4.90 Å². The lowest BCUT2D eigenvalue weighted by molar-refractivity contribution is 0.106. The summed E-state index contributed by atoms with van der Waals surface area (Å²) in [6.07, 6.45) is 4.60. The van der Waals surface area contributed by atoms with Crippen LogP contribution in [0.15, 0.2) is 78.9 Å². The zero-order valence-corrected chi connectivity index (χ0v) is 18.7. The van der Waals surface area contributed by atoms with Crippen molar-refractivity contribution in [3.05, 3.63) is 90.0 Å². The number of hydrogen-bond donors (Lipinski definition) is 2. The number of ether oxygens (including phenoxy) is 1. The maximum atomic E-state index is 9.96. The highest BCUT2D eigenvalue weighted by atomic mass is 16.5. The molecule has 2 N–H and O–H groups in total. The van der Waals surface area contributed by atoms with E-state index in [1.807, 2.05) is 24.3 Å². The summed E-state index contributed by atoms with van der Waals surface area (Å²) in [7, 11) is 0. The quantitative estimate of drug-likeness (QED) is 0.369. The van der Waals surface area contributed by atoms with Gasteiger partial charge in [-0.05, 0) is 88.7 Å². The largest absolute Gasteiger partial charge is 0.508 e. The molecule has 0 atom stereocenters. The van der Waals surface area contributed by atoms with E-state index in [0.29, 0.717) is 6.73 Å². The van der Waals surface area contributed by atoms with Crippen LogP contribution in [0, 0.1) is 0 Å². The van der Waals surface area contributed by atoms with Crippen LogP contribution >= 0.6 is 0 Å². The number of phenolic OH excluding ortho intramolecular Hbond substituents is 2. The van der Waals surface area contributed by atoms with Crippen LogP contribution in [0.2, 0.25) is 0 Å². The molecule has 4 aromatic rings. The number of nitrogens with zero attached hydrogens (tertiary/aromatic N) is 1. The van der Waals surface area contributed by atoms with Gasteiger partial charge in [-0.1, -0.05) is 48.9 Å². The van der Waals surface area contributed by atoms with Crippen LogP contribution in [-0.4, -0.2) is 34.9 Å². The fraction of sp³-hybridized carbons (Fsp3) is 0.241. The zero-order valence-electron chi connectivity index (χ0n) is 18.7. The van der Waals surface area contributed by atoms with Gasteiger partial charge in [-0.25, -0.2) is 0 Å². The molecule has 1 aliphatic rings. The molecule has 0 bridgehead atoms. The van der Waals surface area contributed by atoms with E-state index in [4.69, 9.17) is 4.74 Å². The van der Waals surface area contributed by atoms with Gasteiger partial charge in [0, 0.05) is 13.1 Å². The third-order valence-corrected chi connectivity index (χ3v) is 6.46. The van der Waals surface area contributed by atoms with Crippen LogP contribution in [0.1, 0.15) is 30.4 Å². The second-order valence-corrected chi connectivity index (χ2v) is 8.82. The minimum absolute atomic E-state index is 0.256. The number of hydrogen-bond acceptors (Lipinski definition) is 4. The van der Waals surface area contributed by atoms with Crippen molar-refractivity contribution in [2.45, 2.75) is 25.7 Å². The van der Waals surface area contributed by atoms with Crippen molar-refractivity contribution in [3.63, 3.8) is 0 Å². The van der Waals surface area contributed by atoms with Gasteiger partial charge >= 0.3 is 0 Å². The fourth-order valence-electron chi connectivity index (χ4n) is 4.65. The average molecular weight is 440 g/mol. The molecular formula is C29H29NO3. The number of aromatic hydroxyl groups is 2. The summed E-state index contributed by atoms with van der Waals surface area (Å²) in [4.78, 5) is 2.37. The number of piperidine rings is 1. The summed E-state index contributed by atoms with van der Waals surface area (Å²) in [5.74, 6) is 1.41. The summed E-state index contributed by atoms with van der Waals surface area (Å²) in [6, 6.07) is 25.3. The van der Waals surface area contributed by atoms with Gasteiger partial charge in [0.2, 0.25) is 0 Å². The molecule has 4 heteroatoms. The first-order valence-electron chi connectivity index (χ1n) is 11.6. The SMILES string of the molecule is Oc1ccc(-c2ccc3cc(O)ccc3c2Cc2ccc(OCN3CCCCC3)cc2)cc1. The Morgan fingerprint density at radius 1 is 0.727 bits per heavy atom. The number of rotatable bonds is 6. The molecule has 1 saturated heterocycles. The molecule has 0 aliphatic carbocycles. The lowest BCUT2D eigenvalue weighted by atomic mass is 9.90. The molecule has 33 heavy (non-hydrogen) atoms. The molecule has 5 rings (SSSR count). The Morgan fingerprint density at radius 2 is 1.45 bits per heavy atom. The van der Waals surface area contributed by atoms with E-state index in [1.54, 1.807) is 24.3 Å². The van der Waals surface area contributed by atoms with Crippen molar-refractivity contribution in [3.8, 4) is 28.4 Å². The number of fused-ring (bicyclic) bond motifs is 1. The Labute approximate surface area is 194 Å². The van der Waals surface area contributed by atoms with Crippen LogP contribution in [0.5, 0.6) is 17.2 Å². The lowest BCUT2D eigenvalue weighted by Crippen LogP contribution is -2.33. The monoisotopic (exact) mass is 439 g/mol. The van der Waals surface area contributed by atoms with Crippen LogP contribution in [0.4, 0.5) is 0 Å². The fourth-order valence-corrected chi connectivity index (χ4v) is 4.65. The number of benzene rings is 4. The molecule has 4 aromatic carbocycles. The number of phenols is 2. The van der Waals surface area contributed by atoms with Crippen LogP contribution in [0.25, 0.3) is 21.9 Å². The Bertz CT molecular complexity index is 1230. The summed E-state index contributed by atoms with van der Waals surface area (Å²) < 4.78 is 6.01. The van der Waals surface area contributed by atoms with Gasteiger partial charge in [0.15, 0.2) is 0 Å². The van der Waals surface area contributed by atoms with E-state index < -0.39 is 0 Å². The normalized spacial score (nSPS) is 14.4. The Hall–Kier alpha value is -3.50. The summed E-state index contributed by atoms with van der Waals surface area (Å²) in [5.41, 5.74) is 4.57. The molecule has 0 radical (unpaired) electrons. The lowest BCUT2D eigenvalue weighted by Gasteiger charge is -2.26. The molecular weight excluding hydrogens is 410 g/mol. The third-order valence-electron chi connectivity index (χ3n) is 6.46. The van der Waals surface area contributed by atoms with Crippen molar-refractivity contribution < 1.29 is 14.9 Å². The van der Waals surface area contributed by atoms with E-state index in [9.17, 15) is 10.2 Å². The predicted molar refractivity (Wildman–Crippen MR) is 133 cm³/mol. The van der Waals surface area contributed by atoms with Gasteiger partial charge in [-0.2, -0.15) is 0 Å².